The number of cyclic esters (lactones) is 2. The summed E-state index contributed by atoms with van der Waals surface area (Å²) in [6.07, 6.45) is -2.42. The molecule has 0 aromatic heterocycles. The molecule has 6 amide bonds. The van der Waals surface area contributed by atoms with Gasteiger partial charge in [0.15, 0.2) is 0 Å². The number of carbonyl (C=O) groups excluding carboxylic acids is 6. The first kappa shape index (κ1) is 34.4. The van der Waals surface area contributed by atoms with Crippen LogP contribution in [-0.4, -0.2) is 114 Å². The molecule has 4 aliphatic heterocycles. The van der Waals surface area contributed by atoms with Crippen molar-refractivity contribution in [3.05, 3.63) is 83.9 Å². The van der Waals surface area contributed by atoms with Crippen LogP contribution in [0.5, 0.6) is 0 Å². The van der Waals surface area contributed by atoms with Gasteiger partial charge in [0.05, 0.1) is 50.5 Å². The monoisotopic (exact) mass is 712 g/mol. The maximum absolute atomic E-state index is 13.2. The Morgan fingerprint density at radius 3 is 1.29 bits per heavy atom. The van der Waals surface area contributed by atoms with Crippen molar-refractivity contribution in [3.63, 3.8) is 0 Å². The van der Waals surface area contributed by atoms with E-state index in [0.29, 0.717) is 49.1 Å². The summed E-state index contributed by atoms with van der Waals surface area (Å²) in [5.74, 6) is -1.32. The van der Waals surface area contributed by atoms with Crippen LogP contribution in [0.2, 0.25) is 0 Å². The molecular weight excluding hydrogens is 676 g/mol. The smallest absolute Gasteiger partial charge is 0.414 e. The minimum absolute atomic E-state index is 0.00891. The molecule has 2 N–H and O–H groups in total. The number of morpholine rings is 2. The zero-order chi connectivity index (χ0) is 36.2. The lowest BCUT2D eigenvalue weighted by molar-refractivity contribution is -0.126. The number of hydrogen-bond donors (Lipinski definition) is 2. The van der Waals surface area contributed by atoms with Crippen LogP contribution in [0.25, 0.3) is 0 Å². The number of carbonyl (C=O) groups is 6. The second kappa shape index (κ2) is 15.1. The van der Waals surface area contributed by atoms with Crippen LogP contribution in [0.1, 0.15) is 20.7 Å². The Morgan fingerprint density at radius 1 is 0.558 bits per heavy atom. The number of hydrogen-bond acceptors (Lipinski definition) is 10. The van der Waals surface area contributed by atoms with E-state index in [1.807, 2.05) is 0 Å². The Kier molecular flexibility index (Phi) is 9.99. The summed E-state index contributed by atoms with van der Waals surface area (Å²) in [5.41, 5.74) is 2.82. The fourth-order valence-electron chi connectivity index (χ4n) is 6.37. The topological polar surface area (TPSA) is 176 Å². The highest BCUT2D eigenvalue weighted by molar-refractivity contribution is 6.07. The lowest BCUT2D eigenvalue weighted by Gasteiger charge is -2.27. The molecule has 7 rings (SSSR count). The van der Waals surface area contributed by atoms with Crippen LogP contribution >= 0.6 is 0 Å². The third kappa shape index (κ3) is 7.38. The highest BCUT2D eigenvalue weighted by atomic mass is 16.6. The largest absolute Gasteiger partial charge is 0.442 e. The predicted octanol–water partition coefficient (Wildman–Crippen LogP) is 1.92. The van der Waals surface area contributed by atoms with E-state index in [0.717, 1.165) is 0 Å². The molecule has 0 saturated carbocycles. The maximum Gasteiger partial charge on any atom is 0.414 e. The molecule has 3 aromatic carbocycles. The van der Waals surface area contributed by atoms with Gasteiger partial charge in [0.1, 0.15) is 25.4 Å². The highest BCUT2D eigenvalue weighted by Crippen LogP contribution is 2.27. The molecule has 1 unspecified atom stereocenters. The summed E-state index contributed by atoms with van der Waals surface area (Å²) >= 11 is 0. The van der Waals surface area contributed by atoms with Crippen molar-refractivity contribution in [2.75, 3.05) is 85.3 Å². The lowest BCUT2D eigenvalue weighted by atomic mass is 10.1. The van der Waals surface area contributed by atoms with Crippen LogP contribution in [0, 0.1) is 0 Å². The Morgan fingerprint density at radius 2 is 0.923 bits per heavy atom. The second-order valence-corrected chi connectivity index (χ2v) is 12.4. The average molecular weight is 713 g/mol. The molecule has 0 spiro atoms. The zero-order valence-electron chi connectivity index (χ0n) is 28.0. The zero-order valence-corrected chi connectivity index (χ0v) is 28.0. The van der Waals surface area contributed by atoms with E-state index in [1.54, 1.807) is 70.5 Å². The van der Waals surface area contributed by atoms with Gasteiger partial charge in [-0.2, -0.15) is 0 Å². The van der Waals surface area contributed by atoms with Gasteiger partial charge in [-0.05, 0) is 60.7 Å². The number of benzene rings is 3. The molecule has 16 heteroatoms. The van der Waals surface area contributed by atoms with Gasteiger partial charge in [-0.15, -0.1) is 0 Å². The number of amides is 6. The Bertz CT molecular complexity index is 1740. The first-order valence-electron chi connectivity index (χ1n) is 16.8. The number of rotatable bonds is 10. The Hall–Kier alpha value is -6.00. The number of nitrogens with one attached hydrogen (secondary N) is 2. The molecule has 2 atom stereocenters. The predicted molar refractivity (Wildman–Crippen MR) is 186 cm³/mol. The maximum atomic E-state index is 13.2. The SMILES string of the molecule is O=C(NCC1CN(c2ccc(N3CCOCC3=O)cc2)C(=O)O1)c1ccccc1C(=O)NC[C@H]1CN(c2ccc(N3CCOCC3=O)cc2)C(=O)O1. The van der Waals surface area contributed by atoms with Crippen molar-refractivity contribution < 1.29 is 47.7 Å². The van der Waals surface area contributed by atoms with Crippen LogP contribution in [0.3, 0.4) is 0 Å². The van der Waals surface area contributed by atoms with Crippen molar-refractivity contribution in [2.45, 2.75) is 12.2 Å². The molecule has 4 heterocycles. The van der Waals surface area contributed by atoms with E-state index >= 15 is 0 Å². The number of anilines is 4. The average Bonchev–Trinajstić information content (AvgIpc) is 3.74. The molecule has 0 radical (unpaired) electrons. The molecular formula is C36H36N6O10. The lowest BCUT2D eigenvalue weighted by Crippen LogP contribution is -2.41. The van der Waals surface area contributed by atoms with Crippen molar-refractivity contribution in [1.29, 1.82) is 0 Å². The van der Waals surface area contributed by atoms with Crippen LogP contribution in [0.15, 0.2) is 72.8 Å². The molecule has 0 aliphatic carbocycles. The van der Waals surface area contributed by atoms with Gasteiger partial charge in [0.25, 0.3) is 23.6 Å². The molecule has 3 aromatic rings. The Labute approximate surface area is 298 Å². The molecule has 0 bridgehead atoms. The van der Waals surface area contributed by atoms with Crippen molar-refractivity contribution in [2.24, 2.45) is 0 Å². The molecule has 4 fully saturated rings. The molecule has 16 nitrogen and oxygen atoms in total. The fourth-order valence-corrected chi connectivity index (χ4v) is 6.37. The van der Waals surface area contributed by atoms with E-state index in [1.165, 1.54) is 21.9 Å². The summed E-state index contributed by atoms with van der Waals surface area (Å²) in [6, 6.07) is 20.2. The number of ether oxygens (including phenoxy) is 4. The van der Waals surface area contributed by atoms with Gasteiger partial charge < -0.3 is 39.4 Å². The van der Waals surface area contributed by atoms with Gasteiger partial charge in [0, 0.05) is 35.8 Å². The summed E-state index contributed by atoms with van der Waals surface area (Å²) in [4.78, 5) is 82.3. The van der Waals surface area contributed by atoms with Gasteiger partial charge in [-0.3, -0.25) is 29.0 Å². The standard InChI is InChI=1S/C36H36N6O10/c43-31-21-49-15-13-39(31)23-5-9-25(10-6-23)41-19-27(51-35(41)47)17-37-33(45)29-3-1-2-4-30(29)34(46)38-18-28-20-42(36(48)52-28)26-11-7-24(8-12-26)40-14-16-50-22-32(40)44/h1-12,27-28H,13-22H2,(H,37,45)(H,38,46)/t27-,28?/m0/s1. The summed E-state index contributed by atoms with van der Waals surface area (Å²) in [7, 11) is 0. The van der Waals surface area contributed by atoms with E-state index < -0.39 is 36.2 Å². The highest BCUT2D eigenvalue weighted by Gasteiger charge is 2.35. The van der Waals surface area contributed by atoms with E-state index in [2.05, 4.69) is 10.6 Å². The van der Waals surface area contributed by atoms with Gasteiger partial charge in [-0.25, -0.2) is 9.59 Å². The normalized spacial score (nSPS) is 20.5. The van der Waals surface area contributed by atoms with Gasteiger partial charge >= 0.3 is 12.2 Å². The third-order valence-corrected chi connectivity index (χ3v) is 9.06. The minimum atomic E-state index is -0.643. The fraction of sp³-hybridized carbons (Fsp3) is 0.333. The van der Waals surface area contributed by atoms with Crippen LogP contribution in [0.4, 0.5) is 32.3 Å². The number of nitrogens with zero attached hydrogens (tertiary/aromatic N) is 4. The van der Waals surface area contributed by atoms with Crippen molar-refractivity contribution in [3.8, 4) is 0 Å². The summed E-state index contributed by atoms with van der Waals surface area (Å²) in [5, 5.41) is 5.51. The van der Waals surface area contributed by atoms with E-state index in [-0.39, 0.29) is 62.3 Å². The Balaban J connectivity index is 0.900. The van der Waals surface area contributed by atoms with Crippen LogP contribution < -0.4 is 30.2 Å². The molecule has 270 valence electrons. The van der Waals surface area contributed by atoms with Gasteiger partial charge in [-0.1, -0.05) is 12.1 Å². The molecule has 4 saturated heterocycles. The van der Waals surface area contributed by atoms with Crippen molar-refractivity contribution in [1.82, 2.24) is 10.6 Å². The van der Waals surface area contributed by atoms with Crippen LogP contribution in [-0.2, 0) is 28.5 Å². The first-order chi connectivity index (χ1) is 25.2. The summed E-state index contributed by atoms with van der Waals surface area (Å²) < 4.78 is 21.3. The second-order valence-electron chi connectivity index (χ2n) is 12.4. The summed E-state index contributed by atoms with van der Waals surface area (Å²) in [6.45, 7) is 2.24. The van der Waals surface area contributed by atoms with E-state index in [4.69, 9.17) is 18.9 Å². The first-order valence-corrected chi connectivity index (χ1v) is 16.8. The molecule has 4 aliphatic rings. The quantitative estimate of drug-likeness (QED) is 0.316. The van der Waals surface area contributed by atoms with E-state index in [9.17, 15) is 28.8 Å². The van der Waals surface area contributed by atoms with Crippen molar-refractivity contribution >= 4 is 58.6 Å². The van der Waals surface area contributed by atoms with Gasteiger partial charge in [0.2, 0.25) is 0 Å². The third-order valence-electron chi connectivity index (χ3n) is 9.06. The minimum Gasteiger partial charge on any atom is -0.442 e. The molecule has 52 heavy (non-hydrogen) atoms.